The third-order valence-electron chi connectivity index (χ3n) is 3.57. The molecular weight excluding hydrogens is 324 g/mol. The Kier molecular flexibility index (Phi) is 4.91. The fourth-order valence-electron chi connectivity index (χ4n) is 2.30. The van der Waals surface area contributed by atoms with E-state index >= 15 is 0 Å². The van der Waals surface area contributed by atoms with Gasteiger partial charge in [0.25, 0.3) is 0 Å². The number of hydrogen-bond donors (Lipinski definition) is 0. The summed E-state index contributed by atoms with van der Waals surface area (Å²) in [6.45, 7) is 7.57. The van der Waals surface area contributed by atoms with Gasteiger partial charge in [0.05, 0.1) is 23.4 Å². The van der Waals surface area contributed by atoms with E-state index in [1.54, 1.807) is 18.9 Å². The van der Waals surface area contributed by atoms with E-state index in [0.717, 1.165) is 22.7 Å². The second kappa shape index (κ2) is 6.94. The largest absolute Gasteiger partial charge is 0.424 e. The van der Waals surface area contributed by atoms with E-state index in [-0.39, 0.29) is 5.41 Å². The Morgan fingerprint density at radius 2 is 2.00 bits per heavy atom. The molecule has 0 atom stereocenters. The Morgan fingerprint density at radius 3 is 2.71 bits per heavy atom. The minimum Gasteiger partial charge on any atom is -0.424 e. The van der Waals surface area contributed by atoms with Crippen LogP contribution in [-0.4, -0.2) is 33.5 Å². The van der Waals surface area contributed by atoms with Crippen molar-refractivity contribution >= 4 is 22.8 Å². The third-order valence-corrected chi connectivity index (χ3v) is 4.53. The molecule has 3 aromatic rings. The van der Waals surface area contributed by atoms with E-state index < -0.39 is 0 Å². The lowest BCUT2D eigenvalue weighted by Gasteiger charge is -2.11. The van der Waals surface area contributed by atoms with Crippen molar-refractivity contribution in [2.45, 2.75) is 43.6 Å². The highest BCUT2D eigenvalue weighted by atomic mass is 32.2. The Morgan fingerprint density at radius 1 is 1.21 bits per heavy atom. The van der Waals surface area contributed by atoms with Crippen molar-refractivity contribution in [2.75, 3.05) is 13.7 Å². The van der Waals surface area contributed by atoms with Gasteiger partial charge < -0.3 is 13.7 Å². The third kappa shape index (κ3) is 3.62. The quantitative estimate of drug-likeness (QED) is 0.635. The number of thioether (sulfide) groups is 1. The van der Waals surface area contributed by atoms with Crippen LogP contribution in [-0.2, 0) is 22.4 Å². The maximum Gasteiger partial charge on any atom is 0.226 e. The second-order valence-electron chi connectivity index (χ2n) is 6.57. The number of para-hydroxylation sites is 2. The lowest BCUT2D eigenvalue weighted by molar-refractivity contribution is 0.186. The number of nitrogens with zero attached hydrogens (tertiary/aromatic N) is 4. The summed E-state index contributed by atoms with van der Waals surface area (Å²) in [7, 11) is 1.71. The van der Waals surface area contributed by atoms with Gasteiger partial charge in [-0.3, -0.25) is 0 Å². The standard InChI is InChI=1S/C17H22N4O2S/c1-17(2,3)15-20-19-14(23-15)11-24-16-18-12-7-5-6-8-13(12)21(16)9-10-22-4/h5-8H,9-11H2,1-4H3. The lowest BCUT2D eigenvalue weighted by Crippen LogP contribution is -2.11. The number of ether oxygens (including phenoxy) is 1. The van der Waals surface area contributed by atoms with Crippen LogP contribution in [0.1, 0.15) is 32.6 Å². The van der Waals surface area contributed by atoms with Crippen LogP contribution in [0.3, 0.4) is 0 Å². The van der Waals surface area contributed by atoms with E-state index in [0.29, 0.717) is 24.1 Å². The number of aromatic nitrogens is 4. The van der Waals surface area contributed by atoms with E-state index in [4.69, 9.17) is 14.1 Å². The van der Waals surface area contributed by atoms with Gasteiger partial charge in [-0.2, -0.15) is 0 Å². The smallest absolute Gasteiger partial charge is 0.226 e. The zero-order chi connectivity index (χ0) is 17.2. The molecule has 0 aliphatic carbocycles. The summed E-state index contributed by atoms with van der Waals surface area (Å²) in [5.74, 6) is 1.88. The summed E-state index contributed by atoms with van der Waals surface area (Å²) in [6.07, 6.45) is 0. The molecule has 1 aromatic carbocycles. The number of hydrogen-bond acceptors (Lipinski definition) is 6. The minimum absolute atomic E-state index is 0.137. The van der Waals surface area contributed by atoms with Crippen LogP contribution in [0, 0.1) is 0 Å². The first kappa shape index (κ1) is 17.0. The van der Waals surface area contributed by atoms with Gasteiger partial charge in [-0.05, 0) is 12.1 Å². The Bertz CT molecular complexity index is 819. The Balaban J connectivity index is 1.80. The Labute approximate surface area is 145 Å². The molecular formula is C17H22N4O2S. The van der Waals surface area contributed by atoms with Crippen molar-refractivity contribution in [2.24, 2.45) is 0 Å². The highest BCUT2D eigenvalue weighted by Gasteiger charge is 2.21. The fourth-order valence-corrected chi connectivity index (χ4v) is 3.18. The number of rotatable bonds is 6. The molecule has 0 aliphatic heterocycles. The van der Waals surface area contributed by atoms with Gasteiger partial charge in [0, 0.05) is 19.1 Å². The summed E-state index contributed by atoms with van der Waals surface area (Å²) >= 11 is 1.60. The normalized spacial score (nSPS) is 12.2. The molecule has 0 fully saturated rings. The second-order valence-corrected chi connectivity index (χ2v) is 7.51. The fraction of sp³-hybridized carbons (Fsp3) is 0.471. The SMILES string of the molecule is COCCn1c(SCc2nnc(C(C)(C)C)o2)nc2ccccc21. The van der Waals surface area contributed by atoms with Gasteiger partial charge in [-0.1, -0.05) is 44.7 Å². The van der Waals surface area contributed by atoms with Crippen LogP contribution in [0.5, 0.6) is 0 Å². The first-order valence-corrected chi connectivity index (χ1v) is 8.87. The van der Waals surface area contributed by atoms with Gasteiger partial charge in [0.15, 0.2) is 5.16 Å². The topological polar surface area (TPSA) is 66.0 Å². The predicted molar refractivity (Wildman–Crippen MR) is 94.2 cm³/mol. The van der Waals surface area contributed by atoms with Crippen LogP contribution in [0.25, 0.3) is 11.0 Å². The molecule has 128 valence electrons. The van der Waals surface area contributed by atoms with Gasteiger partial charge in [0.1, 0.15) is 0 Å². The number of fused-ring (bicyclic) bond motifs is 1. The highest BCUT2D eigenvalue weighted by Crippen LogP contribution is 2.28. The zero-order valence-electron chi connectivity index (χ0n) is 14.4. The maximum atomic E-state index is 5.76. The van der Waals surface area contributed by atoms with Crippen molar-refractivity contribution in [1.29, 1.82) is 0 Å². The van der Waals surface area contributed by atoms with Gasteiger partial charge in [-0.15, -0.1) is 10.2 Å². The molecule has 0 bridgehead atoms. The monoisotopic (exact) mass is 346 g/mol. The number of imidazole rings is 1. The average Bonchev–Trinajstić information content (AvgIpc) is 3.15. The average molecular weight is 346 g/mol. The van der Waals surface area contributed by atoms with E-state index in [2.05, 4.69) is 41.6 Å². The van der Waals surface area contributed by atoms with E-state index in [1.807, 2.05) is 18.2 Å². The predicted octanol–water partition coefficient (Wildman–Crippen LogP) is 3.66. The van der Waals surface area contributed by atoms with Gasteiger partial charge in [0.2, 0.25) is 11.8 Å². The van der Waals surface area contributed by atoms with Crippen molar-refractivity contribution in [1.82, 2.24) is 19.7 Å². The molecule has 24 heavy (non-hydrogen) atoms. The molecule has 2 heterocycles. The van der Waals surface area contributed by atoms with Gasteiger partial charge in [-0.25, -0.2) is 4.98 Å². The molecule has 6 nitrogen and oxygen atoms in total. The maximum absolute atomic E-state index is 5.76. The molecule has 2 aromatic heterocycles. The highest BCUT2D eigenvalue weighted by molar-refractivity contribution is 7.98. The van der Waals surface area contributed by atoms with Crippen LogP contribution < -0.4 is 0 Å². The van der Waals surface area contributed by atoms with Crippen molar-refractivity contribution in [3.05, 3.63) is 36.0 Å². The lowest BCUT2D eigenvalue weighted by atomic mass is 9.97. The molecule has 0 saturated carbocycles. The molecule has 0 radical (unpaired) electrons. The van der Waals surface area contributed by atoms with Crippen molar-refractivity contribution in [3.8, 4) is 0 Å². The minimum atomic E-state index is -0.137. The molecule has 0 aliphatic rings. The zero-order valence-corrected chi connectivity index (χ0v) is 15.3. The number of methoxy groups -OCH3 is 1. The molecule has 0 spiro atoms. The summed E-state index contributed by atoms with van der Waals surface area (Å²) in [6, 6.07) is 8.12. The molecule has 0 amide bonds. The van der Waals surface area contributed by atoms with Crippen molar-refractivity contribution < 1.29 is 9.15 Å². The van der Waals surface area contributed by atoms with E-state index in [1.165, 1.54) is 0 Å². The van der Waals surface area contributed by atoms with Crippen LogP contribution in [0.4, 0.5) is 0 Å². The summed E-state index contributed by atoms with van der Waals surface area (Å²) < 4.78 is 13.2. The first-order valence-electron chi connectivity index (χ1n) is 7.89. The summed E-state index contributed by atoms with van der Waals surface area (Å²) in [5.41, 5.74) is 1.96. The molecule has 0 saturated heterocycles. The van der Waals surface area contributed by atoms with Crippen molar-refractivity contribution in [3.63, 3.8) is 0 Å². The van der Waals surface area contributed by atoms with Crippen LogP contribution in [0.2, 0.25) is 0 Å². The summed E-state index contributed by atoms with van der Waals surface area (Å²) in [4.78, 5) is 4.72. The van der Waals surface area contributed by atoms with Gasteiger partial charge >= 0.3 is 0 Å². The summed E-state index contributed by atoms with van der Waals surface area (Å²) in [5, 5.41) is 9.22. The van der Waals surface area contributed by atoms with E-state index in [9.17, 15) is 0 Å². The first-order chi connectivity index (χ1) is 11.5. The Hall–Kier alpha value is -1.86. The van der Waals surface area contributed by atoms with Crippen LogP contribution >= 0.6 is 11.8 Å². The molecule has 0 unspecified atom stereocenters. The molecule has 3 rings (SSSR count). The number of benzene rings is 1. The van der Waals surface area contributed by atoms with Crippen LogP contribution in [0.15, 0.2) is 33.8 Å². The molecule has 7 heteroatoms. The molecule has 0 N–H and O–H groups in total.